The van der Waals surface area contributed by atoms with E-state index in [1.807, 2.05) is 0 Å². The van der Waals surface area contributed by atoms with Gasteiger partial charge in [-0.3, -0.25) is 9.80 Å². The average molecular weight is 356 g/mol. The number of aromatic amines is 1. The van der Waals surface area contributed by atoms with Gasteiger partial charge in [0.1, 0.15) is 0 Å². The van der Waals surface area contributed by atoms with Crippen molar-refractivity contribution in [1.29, 1.82) is 0 Å². The third-order valence-corrected chi connectivity index (χ3v) is 6.44. The van der Waals surface area contributed by atoms with E-state index < -0.39 is 0 Å². The van der Waals surface area contributed by atoms with Crippen molar-refractivity contribution in [1.82, 2.24) is 14.8 Å². The topological polar surface area (TPSA) is 42.5 Å². The van der Waals surface area contributed by atoms with Crippen LogP contribution in [-0.2, 0) is 6.54 Å². The van der Waals surface area contributed by atoms with Crippen molar-refractivity contribution in [2.75, 3.05) is 32.8 Å². The molecule has 0 bridgehead atoms. The van der Waals surface area contributed by atoms with Gasteiger partial charge in [-0.15, -0.1) is 0 Å². The first-order chi connectivity index (χ1) is 12.8. The summed E-state index contributed by atoms with van der Waals surface area (Å²) in [6.07, 6.45) is 10.1. The van der Waals surface area contributed by atoms with Crippen LogP contribution in [0.4, 0.5) is 0 Å². The summed E-state index contributed by atoms with van der Waals surface area (Å²) in [6, 6.07) is 9.07. The van der Waals surface area contributed by atoms with E-state index in [4.69, 9.17) is 0 Å². The maximum Gasteiger partial charge on any atom is 0.0457 e. The number of hydrogen-bond donors (Lipinski definition) is 2. The molecule has 4 rings (SSSR count). The standard InChI is InChI=1S/C22H33N3O/c26-13-10-20-17-24(11-12-25(20)15-18-6-2-1-3-7-18)16-19-14-23-22-9-5-4-8-21(19)22/h4-5,8-9,14,18,20,23,26H,1-3,6-7,10-13,15-17H2/t20-/m0/s1. The first-order valence-corrected chi connectivity index (χ1v) is 10.5. The lowest BCUT2D eigenvalue weighted by molar-refractivity contribution is 0.0402. The Morgan fingerprint density at radius 3 is 2.77 bits per heavy atom. The number of H-pyrrole nitrogens is 1. The Morgan fingerprint density at radius 2 is 1.92 bits per heavy atom. The van der Waals surface area contributed by atoms with Gasteiger partial charge in [-0.05, 0) is 36.8 Å². The fraction of sp³-hybridized carbons (Fsp3) is 0.636. The molecule has 1 aromatic heterocycles. The van der Waals surface area contributed by atoms with Crippen molar-refractivity contribution in [3.8, 4) is 0 Å². The third-order valence-electron chi connectivity index (χ3n) is 6.44. The summed E-state index contributed by atoms with van der Waals surface area (Å²) in [5, 5.41) is 10.9. The molecule has 4 heteroatoms. The zero-order chi connectivity index (χ0) is 17.8. The van der Waals surface area contributed by atoms with Crippen molar-refractivity contribution >= 4 is 10.9 Å². The second kappa shape index (κ2) is 8.55. The van der Waals surface area contributed by atoms with Crippen LogP contribution >= 0.6 is 0 Å². The van der Waals surface area contributed by atoms with Gasteiger partial charge in [-0.2, -0.15) is 0 Å². The molecule has 1 atom stereocenters. The van der Waals surface area contributed by atoms with E-state index in [2.05, 4.69) is 45.2 Å². The number of rotatable bonds is 6. The van der Waals surface area contributed by atoms with Crippen LogP contribution in [0.25, 0.3) is 10.9 Å². The zero-order valence-electron chi connectivity index (χ0n) is 15.9. The highest BCUT2D eigenvalue weighted by Crippen LogP contribution is 2.27. The Labute approximate surface area is 157 Å². The summed E-state index contributed by atoms with van der Waals surface area (Å²) < 4.78 is 0. The Kier molecular flexibility index (Phi) is 5.93. The van der Waals surface area contributed by atoms with Gasteiger partial charge >= 0.3 is 0 Å². The summed E-state index contributed by atoms with van der Waals surface area (Å²) in [5.74, 6) is 0.880. The molecule has 1 saturated heterocycles. The number of aliphatic hydroxyl groups excluding tert-OH is 1. The first-order valence-electron chi connectivity index (χ1n) is 10.5. The molecule has 2 aliphatic rings. The Balaban J connectivity index is 1.39. The van der Waals surface area contributed by atoms with Crippen molar-refractivity contribution in [3.05, 3.63) is 36.0 Å². The zero-order valence-corrected chi connectivity index (χ0v) is 15.9. The van der Waals surface area contributed by atoms with Gasteiger partial charge in [0, 0.05) is 62.5 Å². The van der Waals surface area contributed by atoms with E-state index in [1.54, 1.807) is 0 Å². The largest absolute Gasteiger partial charge is 0.396 e. The minimum atomic E-state index is 0.298. The van der Waals surface area contributed by atoms with E-state index in [-0.39, 0.29) is 0 Å². The van der Waals surface area contributed by atoms with Gasteiger partial charge in [0.2, 0.25) is 0 Å². The maximum absolute atomic E-state index is 9.58. The van der Waals surface area contributed by atoms with E-state index in [0.29, 0.717) is 12.6 Å². The number of piperazine rings is 1. The van der Waals surface area contributed by atoms with Crippen LogP contribution < -0.4 is 0 Å². The highest BCUT2D eigenvalue weighted by molar-refractivity contribution is 5.82. The number of nitrogens with one attached hydrogen (secondary N) is 1. The lowest BCUT2D eigenvalue weighted by atomic mass is 9.88. The molecule has 4 nitrogen and oxygen atoms in total. The second-order valence-corrected chi connectivity index (χ2v) is 8.26. The smallest absolute Gasteiger partial charge is 0.0457 e. The summed E-state index contributed by atoms with van der Waals surface area (Å²) in [5.41, 5.74) is 2.62. The molecule has 26 heavy (non-hydrogen) atoms. The van der Waals surface area contributed by atoms with Crippen molar-refractivity contribution in [3.63, 3.8) is 0 Å². The molecule has 0 spiro atoms. The Morgan fingerprint density at radius 1 is 1.08 bits per heavy atom. The molecule has 1 aliphatic heterocycles. The van der Waals surface area contributed by atoms with Crippen molar-refractivity contribution in [2.24, 2.45) is 5.92 Å². The number of nitrogens with zero attached hydrogens (tertiary/aromatic N) is 2. The molecule has 1 aliphatic carbocycles. The van der Waals surface area contributed by atoms with Crippen LogP contribution in [-0.4, -0.2) is 58.7 Å². The predicted octanol–water partition coefficient (Wildman–Crippen LogP) is 3.62. The fourth-order valence-corrected chi connectivity index (χ4v) is 4.97. The summed E-state index contributed by atoms with van der Waals surface area (Å²) in [6.45, 7) is 5.89. The summed E-state index contributed by atoms with van der Waals surface area (Å²) >= 11 is 0. The number of aromatic nitrogens is 1. The molecule has 0 amide bonds. The predicted molar refractivity (Wildman–Crippen MR) is 107 cm³/mol. The van der Waals surface area contributed by atoms with Crippen LogP contribution in [0.15, 0.2) is 30.5 Å². The van der Waals surface area contributed by atoms with Crippen LogP contribution in [0.3, 0.4) is 0 Å². The van der Waals surface area contributed by atoms with Gasteiger partial charge < -0.3 is 10.1 Å². The molecular weight excluding hydrogens is 322 g/mol. The lowest BCUT2D eigenvalue weighted by Gasteiger charge is -2.43. The van der Waals surface area contributed by atoms with Gasteiger partial charge in [0.25, 0.3) is 0 Å². The number of hydrogen-bond acceptors (Lipinski definition) is 3. The van der Waals surface area contributed by atoms with E-state index in [9.17, 15) is 5.11 Å². The fourth-order valence-electron chi connectivity index (χ4n) is 4.97. The highest BCUT2D eigenvalue weighted by Gasteiger charge is 2.29. The third kappa shape index (κ3) is 4.13. The van der Waals surface area contributed by atoms with Crippen molar-refractivity contribution in [2.45, 2.75) is 51.1 Å². The van der Waals surface area contributed by atoms with Crippen LogP contribution in [0.2, 0.25) is 0 Å². The molecule has 0 radical (unpaired) electrons. The molecule has 2 aromatic rings. The first kappa shape index (κ1) is 18.0. The molecular formula is C22H33N3O. The number of para-hydroxylation sites is 1. The Bertz CT molecular complexity index is 692. The SMILES string of the molecule is OCC[C@H]1CN(Cc2c[nH]c3ccccc23)CCN1CC1CCCCC1. The van der Waals surface area contributed by atoms with Crippen LogP contribution in [0.1, 0.15) is 44.1 Å². The minimum absolute atomic E-state index is 0.298. The van der Waals surface area contributed by atoms with Gasteiger partial charge in [0.15, 0.2) is 0 Å². The molecule has 142 valence electrons. The molecule has 1 aromatic carbocycles. The minimum Gasteiger partial charge on any atom is -0.396 e. The summed E-state index contributed by atoms with van der Waals surface area (Å²) in [7, 11) is 0. The second-order valence-electron chi connectivity index (χ2n) is 8.26. The van der Waals surface area contributed by atoms with Crippen LogP contribution in [0.5, 0.6) is 0 Å². The van der Waals surface area contributed by atoms with Gasteiger partial charge in [0.05, 0.1) is 0 Å². The normalized spacial score (nSPS) is 23.7. The maximum atomic E-state index is 9.58. The van der Waals surface area contributed by atoms with Gasteiger partial charge in [-0.25, -0.2) is 0 Å². The van der Waals surface area contributed by atoms with E-state index in [1.165, 1.54) is 55.1 Å². The summed E-state index contributed by atoms with van der Waals surface area (Å²) in [4.78, 5) is 8.66. The molecule has 2 heterocycles. The quantitative estimate of drug-likeness (QED) is 0.832. The monoisotopic (exact) mass is 355 g/mol. The highest BCUT2D eigenvalue weighted by atomic mass is 16.3. The van der Waals surface area contributed by atoms with Crippen LogP contribution in [0, 0.1) is 5.92 Å². The van der Waals surface area contributed by atoms with Gasteiger partial charge in [-0.1, -0.05) is 37.5 Å². The molecule has 0 unspecified atom stereocenters. The lowest BCUT2D eigenvalue weighted by Crippen LogP contribution is -2.54. The average Bonchev–Trinajstić information content (AvgIpc) is 3.08. The molecule has 2 fully saturated rings. The van der Waals surface area contributed by atoms with Crippen molar-refractivity contribution < 1.29 is 5.11 Å². The molecule has 1 saturated carbocycles. The van der Waals surface area contributed by atoms with E-state index >= 15 is 0 Å². The Hall–Kier alpha value is -1.36. The van der Waals surface area contributed by atoms with E-state index in [0.717, 1.165) is 38.5 Å². The number of benzene rings is 1. The number of fused-ring (bicyclic) bond motifs is 1. The molecule has 2 N–H and O–H groups in total. The number of aliphatic hydroxyl groups is 1.